The minimum absolute atomic E-state index is 0.000341. The zero-order chi connectivity index (χ0) is 63.7. The van der Waals surface area contributed by atoms with Gasteiger partial charge < -0.3 is 75.8 Å². The fraction of sp³-hybridized carbons (Fsp3) is 0.325. The summed E-state index contributed by atoms with van der Waals surface area (Å²) in [7, 11) is 0. The lowest BCUT2D eigenvalue weighted by Crippen LogP contribution is -2.14. The van der Waals surface area contributed by atoms with Crippen LogP contribution in [-0.4, -0.2) is 155 Å². The van der Waals surface area contributed by atoms with Crippen LogP contribution < -0.4 is 37.9 Å². The molecular formula is C80H74O16. The van der Waals surface area contributed by atoms with Crippen LogP contribution in [-0.2, 0) is 37.9 Å². The molecule has 0 aromatic heterocycles. The van der Waals surface area contributed by atoms with Gasteiger partial charge in [-0.15, -0.1) is 0 Å². The van der Waals surface area contributed by atoms with Crippen molar-refractivity contribution in [2.45, 2.75) is 60.7 Å². The monoisotopic (exact) mass is 1290 g/mol. The van der Waals surface area contributed by atoms with Crippen LogP contribution in [0.25, 0.3) is 44.5 Å². The zero-order valence-electron chi connectivity index (χ0n) is 53.1. The van der Waals surface area contributed by atoms with Crippen molar-refractivity contribution in [3.63, 3.8) is 0 Å². The van der Waals surface area contributed by atoms with E-state index in [9.17, 15) is 0 Å². The van der Waals surface area contributed by atoms with Crippen molar-refractivity contribution >= 4 is 0 Å². The molecule has 0 N–H and O–H groups in total. The van der Waals surface area contributed by atoms with E-state index in [4.69, 9.17) is 75.8 Å². The predicted molar refractivity (Wildman–Crippen MR) is 358 cm³/mol. The summed E-state index contributed by atoms with van der Waals surface area (Å²) in [6.07, 6.45) is 0.568. The van der Waals surface area contributed by atoms with Gasteiger partial charge in [0.15, 0.2) is 0 Å². The van der Waals surface area contributed by atoms with Gasteiger partial charge in [-0.1, -0.05) is 97.1 Å². The van der Waals surface area contributed by atoms with Crippen molar-refractivity contribution in [1.29, 1.82) is 0 Å². The Morgan fingerprint density at radius 3 is 0.583 bits per heavy atom. The van der Waals surface area contributed by atoms with Gasteiger partial charge in [-0.3, -0.25) is 0 Å². The number of benzene rings is 9. The molecule has 8 saturated heterocycles. The third-order valence-electron chi connectivity index (χ3n) is 18.3. The van der Waals surface area contributed by atoms with Gasteiger partial charge in [0.1, 0.15) is 148 Å². The van der Waals surface area contributed by atoms with E-state index < -0.39 is 11.8 Å². The highest BCUT2D eigenvalue weighted by Gasteiger charge is 2.34. The minimum atomic E-state index is -0.459. The Balaban J connectivity index is 0.821. The maximum absolute atomic E-state index is 6.91. The molecule has 0 saturated carbocycles. The van der Waals surface area contributed by atoms with Crippen LogP contribution in [0, 0.1) is 0 Å². The number of hydrogen-bond acceptors (Lipinski definition) is 16. The Labute approximate surface area is 557 Å². The van der Waals surface area contributed by atoms with Gasteiger partial charge in [0.05, 0.1) is 52.9 Å². The summed E-state index contributed by atoms with van der Waals surface area (Å²) in [4.78, 5) is 0. The van der Waals surface area contributed by atoms with Gasteiger partial charge in [-0.2, -0.15) is 0 Å². The Morgan fingerprint density at radius 1 is 0.219 bits per heavy atom. The molecule has 0 spiro atoms. The molecule has 16 nitrogen and oxygen atoms in total. The molecule has 8 atom stereocenters. The van der Waals surface area contributed by atoms with E-state index in [1.165, 1.54) is 0 Å². The summed E-state index contributed by atoms with van der Waals surface area (Å²) in [5.41, 5.74) is 13.9. The minimum Gasteiger partial charge on any atom is -0.491 e. The average molecular weight is 1290 g/mol. The Kier molecular flexibility index (Phi) is 17.3. The van der Waals surface area contributed by atoms with Crippen LogP contribution in [0.15, 0.2) is 194 Å². The van der Waals surface area contributed by atoms with E-state index in [1.54, 1.807) is 0 Å². The van der Waals surface area contributed by atoms with Crippen LogP contribution in [0.5, 0.6) is 46.0 Å². The van der Waals surface area contributed by atoms with Crippen molar-refractivity contribution in [2.75, 3.05) is 106 Å². The number of hydrogen-bond donors (Lipinski definition) is 0. The molecule has 9 aromatic carbocycles. The van der Waals surface area contributed by atoms with E-state index in [-0.39, 0.29) is 48.8 Å². The first kappa shape index (κ1) is 60.7. The van der Waals surface area contributed by atoms with Crippen LogP contribution in [0.3, 0.4) is 0 Å². The SMILES string of the molecule is c1cc(-c2ccc(OCC3CO3)c(C(c3ccc(C(c4cc(-c5ccc(OCC6CO6)cc5)ccc4OCC4CO4)c4cc(-c5ccc(OCC6CO6)cc5)ccc4OCC4CO4)cc3)c3cc(-c4ccc(OCC5CO5)cc4)ccc3OCC3CO3)c2)ccc1OCC1CO1. The molecule has 16 heteroatoms. The summed E-state index contributed by atoms with van der Waals surface area (Å²) < 4.78 is 97.0. The number of epoxide rings is 8. The Morgan fingerprint density at radius 2 is 0.396 bits per heavy atom. The highest BCUT2D eigenvalue weighted by molar-refractivity contribution is 5.74. The molecule has 8 fully saturated rings. The second kappa shape index (κ2) is 27.3. The topological polar surface area (TPSA) is 174 Å². The van der Waals surface area contributed by atoms with Crippen molar-refractivity contribution in [3.8, 4) is 90.5 Å². The predicted octanol–water partition coefficient (Wildman–Crippen LogP) is 12.9. The molecular weight excluding hydrogens is 1220 g/mol. The molecule has 8 aliphatic rings. The first-order chi connectivity index (χ1) is 47.4. The fourth-order valence-electron chi connectivity index (χ4n) is 12.1. The lowest BCUT2D eigenvalue weighted by Gasteiger charge is -2.28. The van der Waals surface area contributed by atoms with Gasteiger partial charge in [-0.05, 0) is 153 Å². The molecule has 0 aliphatic carbocycles. The highest BCUT2D eigenvalue weighted by Crippen LogP contribution is 2.49. The number of rotatable bonds is 34. The average Bonchev–Trinajstić information content (AvgIpc) is 1.70. The summed E-state index contributed by atoms with van der Waals surface area (Å²) in [6.45, 7) is 9.14. The Hall–Kier alpha value is -8.94. The normalized spacial score (nSPS) is 22.6. The third kappa shape index (κ3) is 15.5. The van der Waals surface area contributed by atoms with Crippen LogP contribution >= 0.6 is 0 Å². The summed E-state index contributed by atoms with van der Waals surface area (Å²) in [5.74, 6) is 5.16. The van der Waals surface area contributed by atoms with E-state index in [2.05, 4.69) is 146 Å². The van der Waals surface area contributed by atoms with Crippen molar-refractivity contribution in [2.24, 2.45) is 0 Å². The van der Waals surface area contributed by atoms with Gasteiger partial charge in [0.2, 0.25) is 0 Å². The molecule has 8 aliphatic heterocycles. The smallest absolute Gasteiger partial charge is 0.123 e. The maximum Gasteiger partial charge on any atom is 0.123 e. The maximum atomic E-state index is 6.91. The van der Waals surface area contributed by atoms with Crippen molar-refractivity contribution in [1.82, 2.24) is 0 Å². The lowest BCUT2D eigenvalue weighted by molar-refractivity contribution is 0.258. The largest absolute Gasteiger partial charge is 0.491 e. The standard InChI is InChI=1S/C80H74O16/c1-2-54(80(73-31-57(15-27-77(73)95-47-69-43-91-69)51-9-21-61(22-10-51)83-35-65-39-87-65)74-32-58(16-28-78(74)96-48-70-44-92-70)52-11-23-62(24-12-52)84-36-66-40-88-66)4-3-53(1)79(71-29-55(13-25-75(71)93-45-67-41-89-67)49-5-17-59(18-6-49)81-33-63-37-85-63)72-30-56(14-26-76(72)94-46-68-42-90-68)50-7-19-60(20-8-50)82-34-64-38-86-64/h1-32,63-70,79-80H,33-48H2. The molecule has 0 radical (unpaired) electrons. The fourth-order valence-corrected chi connectivity index (χ4v) is 12.1. The molecule has 9 aromatic rings. The second-order valence-corrected chi connectivity index (χ2v) is 25.8. The summed E-state index contributed by atoms with van der Waals surface area (Å²) >= 11 is 0. The van der Waals surface area contributed by atoms with E-state index >= 15 is 0 Å². The molecule has 0 bridgehead atoms. The van der Waals surface area contributed by atoms with Gasteiger partial charge >= 0.3 is 0 Å². The molecule has 0 amide bonds. The first-order valence-electron chi connectivity index (χ1n) is 33.5. The van der Waals surface area contributed by atoms with Gasteiger partial charge in [0.25, 0.3) is 0 Å². The second-order valence-electron chi connectivity index (χ2n) is 25.8. The van der Waals surface area contributed by atoms with Crippen LogP contribution in [0.2, 0.25) is 0 Å². The molecule has 8 unspecified atom stereocenters. The number of ether oxygens (including phenoxy) is 16. The van der Waals surface area contributed by atoms with E-state index in [0.29, 0.717) is 79.3 Å². The van der Waals surface area contributed by atoms with E-state index in [0.717, 1.165) is 150 Å². The van der Waals surface area contributed by atoms with E-state index in [1.807, 2.05) is 48.5 Å². The highest BCUT2D eigenvalue weighted by atomic mass is 16.6. The van der Waals surface area contributed by atoms with Gasteiger partial charge in [0, 0.05) is 34.1 Å². The first-order valence-corrected chi connectivity index (χ1v) is 33.5. The quantitative estimate of drug-likeness (QED) is 0.0275. The molecule has 96 heavy (non-hydrogen) atoms. The van der Waals surface area contributed by atoms with Crippen LogP contribution in [0.4, 0.5) is 0 Å². The van der Waals surface area contributed by atoms with Crippen molar-refractivity contribution < 1.29 is 75.8 Å². The molecule has 490 valence electrons. The van der Waals surface area contributed by atoms with Gasteiger partial charge in [-0.25, -0.2) is 0 Å². The molecule has 8 heterocycles. The molecule has 17 rings (SSSR count). The lowest BCUT2D eigenvalue weighted by atomic mass is 9.79. The Bertz CT molecular complexity index is 3630. The van der Waals surface area contributed by atoms with Crippen molar-refractivity contribution in [3.05, 3.63) is 228 Å². The summed E-state index contributed by atoms with van der Waals surface area (Å²) in [5, 5.41) is 0. The third-order valence-corrected chi connectivity index (χ3v) is 18.3. The zero-order valence-corrected chi connectivity index (χ0v) is 53.1. The van der Waals surface area contributed by atoms with Crippen LogP contribution in [0.1, 0.15) is 45.2 Å². The summed E-state index contributed by atoms with van der Waals surface area (Å²) in [6, 6.07) is 68.2.